The minimum atomic E-state index is -0.107. The van der Waals surface area contributed by atoms with Crippen LogP contribution in [-0.2, 0) is 13.6 Å². The SMILES string of the molecule is CN(Cc1cnn(C)c1)C(=O)c1cn(-c2ccccc2)nc1-c1cccnc1. The van der Waals surface area contributed by atoms with Gasteiger partial charge in [-0.05, 0) is 24.3 Å². The molecule has 0 radical (unpaired) electrons. The fourth-order valence-electron chi connectivity index (χ4n) is 3.06. The maximum Gasteiger partial charge on any atom is 0.257 e. The molecule has 28 heavy (non-hydrogen) atoms. The normalized spacial score (nSPS) is 10.8. The lowest BCUT2D eigenvalue weighted by Crippen LogP contribution is -2.26. The first kappa shape index (κ1) is 17.7. The van der Waals surface area contributed by atoms with Crippen molar-refractivity contribution in [1.29, 1.82) is 0 Å². The summed E-state index contributed by atoms with van der Waals surface area (Å²) >= 11 is 0. The van der Waals surface area contributed by atoms with Gasteiger partial charge in [-0.3, -0.25) is 14.5 Å². The van der Waals surface area contributed by atoms with Crippen LogP contribution in [-0.4, -0.2) is 42.4 Å². The lowest BCUT2D eigenvalue weighted by molar-refractivity contribution is 0.0786. The molecule has 1 amide bonds. The Morgan fingerprint density at radius 2 is 1.89 bits per heavy atom. The molecule has 0 saturated heterocycles. The monoisotopic (exact) mass is 372 g/mol. The molecule has 0 aliphatic rings. The maximum atomic E-state index is 13.2. The summed E-state index contributed by atoms with van der Waals surface area (Å²) < 4.78 is 3.45. The maximum absolute atomic E-state index is 13.2. The van der Waals surface area contributed by atoms with Crippen molar-refractivity contribution in [3.05, 3.63) is 84.6 Å². The van der Waals surface area contributed by atoms with E-state index in [1.165, 1.54) is 0 Å². The van der Waals surface area contributed by atoms with Crippen molar-refractivity contribution < 1.29 is 4.79 Å². The summed E-state index contributed by atoms with van der Waals surface area (Å²) in [6.45, 7) is 0.468. The summed E-state index contributed by atoms with van der Waals surface area (Å²) in [6.07, 6.45) is 8.86. The van der Waals surface area contributed by atoms with E-state index >= 15 is 0 Å². The number of carbonyl (C=O) groups excluding carboxylic acids is 1. The summed E-state index contributed by atoms with van der Waals surface area (Å²) in [5.74, 6) is -0.107. The van der Waals surface area contributed by atoms with E-state index in [2.05, 4.69) is 15.2 Å². The lowest BCUT2D eigenvalue weighted by atomic mass is 10.1. The summed E-state index contributed by atoms with van der Waals surface area (Å²) in [4.78, 5) is 19.1. The van der Waals surface area contributed by atoms with Crippen molar-refractivity contribution in [3.8, 4) is 16.9 Å². The van der Waals surface area contributed by atoms with Gasteiger partial charge in [-0.1, -0.05) is 18.2 Å². The Balaban J connectivity index is 1.72. The number of carbonyl (C=O) groups is 1. The summed E-state index contributed by atoms with van der Waals surface area (Å²) in [6, 6.07) is 13.5. The van der Waals surface area contributed by atoms with Crippen LogP contribution in [0.1, 0.15) is 15.9 Å². The Hall–Kier alpha value is -3.74. The Labute approximate surface area is 162 Å². The predicted molar refractivity (Wildman–Crippen MR) is 106 cm³/mol. The Bertz CT molecular complexity index is 1080. The van der Waals surface area contributed by atoms with Gasteiger partial charge >= 0.3 is 0 Å². The van der Waals surface area contributed by atoms with Gasteiger partial charge in [0.15, 0.2) is 0 Å². The van der Waals surface area contributed by atoms with Crippen LogP contribution in [0.4, 0.5) is 0 Å². The highest BCUT2D eigenvalue weighted by Gasteiger charge is 2.22. The third kappa shape index (κ3) is 3.55. The van der Waals surface area contributed by atoms with Gasteiger partial charge in [0.1, 0.15) is 5.69 Å². The molecule has 0 saturated carbocycles. The van der Waals surface area contributed by atoms with Crippen molar-refractivity contribution in [1.82, 2.24) is 29.4 Å². The standard InChI is InChI=1S/C21H20N6O/c1-25(13-16-11-23-26(2)14-16)21(28)19-15-27(18-8-4-3-5-9-18)24-20(19)17-7-6-10-22-12-17/h3-12,14-15H,13H2,1-2H3. The van der Waals surface area contributed by atoms with Crippen LogP contribution in [0, 0.1) is 0 Å². The van der Waals surface area contributed by atoms with E-state index in [4.69, 9.17) is 0 Å². The number of amides is 1. The Kier molecular flexibility index (Phi) is 4.72. The van der Waals surface area contributed by atoms with Crippen LogP contribution in [0.15, 0.2) is 73.4 Å². The van der Waals surface area contributed by atoms with Gasteiger partial charge in [0, 0.05) is 56.6 Å². The van der Waals surface area contributed by atoms with E-state index in [0.29, 0.717) is 17.8 Å². The number of aromatic nitrogens is 5. The first-order chi connectivity index (χ1) is 13.6. The van der Waals surface area contributed by atoms with E-state index in [1.54, 1.807) is 46.1 Å². The van der Waals surface area contributed by atoms with Crippen LogP contribution in [0.25, 0.3) is 16.9 Å². The topological polar surface area (TPSA) is 68.8 Å². The van der Waals surface area contributed by atoms with E-state index in [-0.39, 0.29) is 5.91 Å². The highest BCUT2D eigenvalue weighted by atomic mass is 16.2. The van der Waals surface area contributed by atoms with Gasteiger partial charge in [0.25, 0.3) is 5.91 Å². The third-order valence-corrected chi connectivity index (χ3v) is 4.43. The fourth-order valence-corrected chi connectivity index (χ4v) is 3.06. The molecule has 0 fully saturated rings. The second-order valence-electron chi connectivity index (χ2n) is 6.60. The number of rotatable bonds is 5. The molecular formula is C21H20N6O. The van der Waals surface area contributed by atoms with E-state index < -0.39 is 0 Å². The van der Waals surface area contributed by atoms with Crippen molar-refractivity contribution in [2.24, 2.45) is 7.05 Å². The first-order valence-electron chi connectivity index (χ1n) is 8.90. The van der Waals surface area contributed by atoms with Crippen LogP contribution in [0.2, 0.25) is 0 Å². The number of para-hydroxylation sites is 1. The average molecular weight is 372 g/mol. The number of benzene rings is 1. The molecule has 0 bridgehead atoms. The molecule has 140 valence electrons. The Morgan fingerprint density at radius 3 is 2.57 bits per heavy atom. The van der Waals surface area contributed by atoms with Gasteiger partial charge in [-0.2, -0.15) is 10.2 Å². The van der Waals surface area contributed by atoms with Crippen LogP contribution in [0.3, 0.4) is 0 Å². The average Bonchev–Trinajstić information content (AvgIpc) is 3.35. The minimum absolute atomic E-state index is 0.107. The third-order valence-electron chi connectivity index (χ3n) is 4.43. The zero-order valence-corrected chi connectivity index (χ0v) is 15.7. The first-order valence-corrected chi connectivity index (χ1v) is 8.90. The van der Waals surface area contributed by atoms with Gasteiger partial charge in [0.05, 0.1) is 17.4 Å². The van der Waals surface area contributed by atoms with E-state index in [1.807, 2.05) is 55.7 Å². The summed E-state index contributed by atoms with van der Waals surface area (Å²) in [5, 5.41) is 8.84. The molecule has 0 aliphatic heterocycles. The van der Waals surface area contributed by atoms with Crippen molar-refractivity contribution >= 4 is 5.91 Å². The summed E-state index contributed by atoms with van der Waals surface area (Å²) in [5.41, 5.74) is 3.80. The molecule has 0 unspecified atom stereocenters. The molecule has 0 N–H and O–H groups in total. The van der Waals surface area contributed by atoms with Crippen LogP contribution >= 0.6 is 0 Å². The van der Waals surface area contributed by atoms with Crippen LogP contribution < -0.4 is 0 Å². The Morgan fingerprint density at radius 1 is 1.07 bits per heavy atom. The zero-order chi connectivity index (χ0) is 19.5. The number of hydrogen-bond acceptors (Lipinski definition) is 4. The molecular weight excluding hydrogens is 352 g/mol. The number of nitrogens with zero attached hydrogens (tertiary/aromatic N) is 6. The largest absolute Gasteiger partial charge is 0.337 e. The van der Waals surface area contributed by atoms with Crippen molar-refractivity contribution in [2.75, 3.05) is 7.05 Å². The second kappa shape index (κ2) is 7.48. The number of hydrogen-bond donors (Lipinski definition) is 0. The molecule has 4 aromatic rings. The highest BCUT2D eigenvalue weighted by molar-refractivity contribution is 5.99. The summed E-state index contributed by atoms with van der Waals surface area (Å²) in [7, 11) is 3.64. The molecule has 0 spiro atoms. The van der Waals surface area contributed by atoms with E-state index in [0.717, 1.165) is 16.8 Å². The molecule has 3 heterocycles. The minimum Gasteiger partial charge on any atom is -0.337 e. The lowest BCUT2D eigenvalue weighted by Gasteiger charge is -2.16. The molecule has 0 aliphatic carbocycles. The van der Waals surface area contributed by atoms with Gasteiger partial charge < -0.3 is 4.90 Å². The van der Waals surface area contributed by atoms with Gasteiger partial charge in [-0.15, -0.1) is 0 Å². The van der Waals surface area contributed by atoms with Gasteiger partial charge in [-0.25, -0.2) is 4.68 Å². The number of aryl methyl sites for hydroxylation is 1. The van der Waals surface area contributed by atoms with Crippen molar-refractivity contribution in [3.63, 3.8) is 0 Å². The van der Waals surface area contributed by atoms with Crippen molar-refractivity contribution in [2.45, 2.75) is 6.54 Å². The highest BCUT2D eigenvalue weighted by Crippen LogP contribution is 2.24. The molecule has 1 aromatic carbocycles. The fraction of sp³-hybridized carbons (Fsp3) is 0.143. The van der Waals surface area contributed by atoms with Crippen LogP contribution in [0.5, 0.6) is 0 Å². The molecule has 3 aromatic heterocycles. The molecule has 7 nitrogen and oxygen atoms in total. The number of pyridine rings is 1. The van der Waals surface area contributed by atoms with E-state index in [9.17, 15) is 4.79 Å². The second-order valence-corrected chi connectivity index (χ2v) is 6.60. The smallest absolute Gasteiger partial charge is 0.257 e. The quantitative estimate of drug-likeness (QED) is 0.540. The molecule has 4 rings (SSSR count). The molecule has 7 heteroatoms. The van der Waals surface area contributed by atoms with Gasteiger partial charge in [0.2, 0.25) is 0 Å². The predicted octanol–water partition coefficient (Wildman–Crippen LogP) is 2.94. The molecule has 0 atom stereocenters. The zero-order valence-electron chi connectivity index (χ0n) is 15.7.